The van der Waals surface area contributed by atoms with Crippen molar-refractivity contribution in [1.29, 1.82) is 0 Å². The molecular formula is C12H24Am-2. The molecular weight excluding hydrogens is 387 g/mol. The Balaban J connectivity index is 0. The first-order chi connectivity index (χ1) is 5.62. The monoisotopic (exact) mass is 409 g/mol. The number of rotatable bonds is 7. The fraction of sp³-hybridized carbons (Fsp3) is 0.833. The molecule has 0 rings (SSSR count). The zero-order valence-corrected chi connectivity index (χ0v) is 12.7. The molecule has 0 N–H and O–H groups in total. The van der Waals surface area contributed by atoms with Gasteiger partial charge in [-0.15, -0.1) is 0 Å². The van der Waals surface area contributed by atoms with Crippen LogP contribution in [0.3, 0.4) is 0 Å². The van der Waals surface area contributed by atoms with E-state index in [9.17, 15) is 0 Å². The van der Waals surface area contributed by atoms with Gasteiger partial charge in [-0.3, -0.25) is 0 Å². The van der Waals surface area contributed by atoms with Gasteiger partial charge >= 0.3 is 0 Å². The standard InChI is InChI=1S/C12H24.Am/c1-5-7-8-9-11-12(3,4)10-6-2;/h7,11H,5-6,8-10H2,1-4H3;/q-2;. The second-order valence-electron chi connectivity index (χ2n) is 4.22. The van der Waals surface area contributed by atoms with Crippen LogP contribution in [0.4, 0.5) is 0 Å². The van der Waals surface area contributed by atoms with Gasteiger partial charge in [0.2, 0.25) is 0 Å². The Morgan fingerprint density at radius 3 is 2.15 bits per heavy atom. The Morgan fingerprint density at radius 1 is 1.08 bits per heavy atom. The third-order valence-electron chi connectivity index (χ3n) is 2.25. The summed E-state index contributed by atoms with van der Waals surface area (Å²) in [4.78, 5) is 0. The topological polar surface area (TPSA) is 0 Å². The molecule has 1 radical (unpaired) electrons. The van der Waals surface area contributed by atoms with Crippen molar-refractivity contribution in [3.63, 3.8) is 0 Å². The van der Waals surface area contributed by atoms with E-state index in [1.165, 1.54) is 32.1 Å². The van der Waals surface area contributed by atoms with E-state index in [2.05, 4.69) is 40.5 Å². The Hall–Kier alpha value is 0.390. The summed E-state index contributed by atoms with van der Waals surface area (Å²) in [5.41, 5.74) is 0.455. The van der Waals surface area contributed by atoms with Crippen LogP contribution in [0.1, 0.15) is 59.8 Å². The summed E-state index contributed by atoms with van der Waals surface area (Å²) < 4.78 is 0. The van der Waals surface area contributed by atoms with E-state index in [1.807, 2.05) is 0 Å². The molecule has 13 heavy (non-hydrogen) atoms. The molecule has 0 nitrogen and oxygen atoms in total. The second-order valence-corrected chi connectivity index (χ2v) is 4.22. The van der Waals surface area contributed by atoms with Gasteiger partial charge in [-0.25, -0.2) is 12.8 Å². The predicted molar refractivity (Wildman–Crippen MR) is 56.8 cm³/mol. The molecule has 0 aromatic rings. The Bertz CT molecular complexity index is 97.3. The molecule has 0 aliphatic rings. The molecule has 0 aromatic heterocycles. The summed E-state index contributed by atoms with van der Waals surface area (Å²) in [5, 5.41) is 0. The van der Waals surface area contributed by atoms with Crippen LogP contribution in [0, 0.1) is 32.5 Å². The van der Waals surface area contributed by atoms with Crippen LogP contribution in [0.25, 0.3) is 0 Å². The second kappa shape index (κ2) is 8.96. The normalized spacial score (nSPS) is 11.1. The summed E-state index contributed by atoms with van der Waals surface area (Å²) in [7, 11) is 0. The first-order valence-electron chi connectivity index (χ1n) is 5.28. The summed E-state index contributed by atoms with van der Waals surface area (Å²) in [6, 6.07) is 0. The van der Waals surface area contributed by atoms with Crippen LogP contribution in [-0.2, 0) is 0 Å². The summed E-state index contributed by atoms with van der Waals surface area (Å²) >= 11 is 0. The summed E-state index contributed by atoms with van der Waals surface area (Å²) in [6.45, 7) is 9.13. The van der Waals surface area contributed by atoms with Crippen molar-refractivity contribution in [2.45, 2.75) is 59.8 Å². The molecule has 1 heteroatoms. The van der Waals surface area contributed by atoms with Crippen molar-refractivity contribution in [1.82, 2.24) is 0 Å². The van der Waals surface area contributed by atoms with E-state index in [4.69, 9.17) is 0 Å². The van der Waals surface area contributed by atoms with Crippen molar-refractivity contribution in [3.05, 3.63) is 12.8 Å². The average molecular weight is 411 g/mol. The van der Waals surface area contributed by atoms with Gasteiger partial charge in [0.1, 0.15) is 0 Å². The molecule has 0 saturated carbocycles. The van der Waals surface area contributed by atoms with Gasteiger partial charge < -0.3 is 12.8 Å². The van der Waals surface area contributed by atoms with Crippen LogP contribution in [0.15, 0.2) is 0 Å². The fourth-order valence-electron chi connectivity index (χ4n) is 1.54. The minimum absolute atomic E-state index is 0. The first-order valence-corrected chi connectivity index (χ1v) is 5.28. The average Bonchev–Trinajstić information content (AvgIpc) is 1.98. The Kier molecular flexibility index (Phi) is 10.9. The summed E-state index contributed by atoms with van der Waals surface area (Å²) in [6.07, 6.45) is 11.2. The Morgan fingerprint density at radius 2 is 1.69 bits per heavy atom. The number of unbranched alkanes of at least 4 members (excludes halogenated alkanes) is 3. The minimum Gasteiger partial charge on any atom is -0.331 e. The van der Waals surface area contributed by atoms with E-state index >= 15 is 0 Å². The van der Waals surface area contributed by atoms with Gasteiger partial charge in [-0.05, 0) is 0 Å². The van der Waals surface area contributed by atoms with Crippen LogP contribution in [-0.4, -0.2) is 0 Å². The smallest absolute Gasteiger partial charge is 0 e. The van der Waals surface area contributed by atoms with Crippen molar-refractivity contribution in [3.8, 4) is 0 Å². The maximum absolute atomic E-state index is 2.47. The third-order valence-corrected chi connectivity index (χ3v) is 2.25. The summed E-state index contributed by atoms with van der Waals surface area (Å²) in [5.74, 6) is 0. The molecule has 0 saturated heterocycles. The SMILES string of the molecule is CC[CH-]CC[CH-]C(C)(C)CCC.[Am]. The van der Waals surface area contributed by atoms with Gasteiger partial charge in [0.15, 0.2) is 0 Å². The molecule has 0 unspecified atom stereocenters. The number of hydrogen-bond donors (Lipinski definition) is 0. The predicted octanol–water partition coefficient (Wildman–Crippen LogP) is 4.41. The van der Waals surface area contributed by atoms with Gasteiger partial charge in [-0.2, -0.15) is 11.8 Å². The molecule has 0 spiro atoms. The van der Waals surface area contributed by atoms with Crippen molar-refractivity contribution in [2.75, 3.05) is 0 Å². The molecule has 0 amide bonds. The fourth-order valence-corrected chi connectivity index (χ4v) is 1.54. The molecule has 0 aliphatic heterocycles. The molecule has 0 aromatic carbocycles. The molecule has 0 bridgehead atoms. The van der Waals surface area contributed by atoms with Crippen LogP contribution in [0.5, 0.6) is 0 Å². The largest absolute Gasteiger partial charge is 0.331 e. The molecule has 0 aliphatic carbocycles. The van der Waals surface area contributed by atoms with Gasteiger partial charge in [0.25, 0.3) is 0 Å². The van der Waals surface area contributed by atoms with E-state index in [0.29, 0.717) is 5.41 Å². The van der Waals surface area contributed by atoms with Gasteiger partial charge in [-0.1, -0.05) is 40.5 Å². The van der Waals surface area contributed by atoms with Gasteiger partial charge in [0.05, 0.1) is 0 Å². The van der Waals surface area contributed by atoms with E-state index < -0.39 is 0 Å². The van der Waals surface area contributed by atoms with Crippen LogP contribution in [0.2, 0.25) is 0 Å². The molecule has 81 valence electrons. The quantitative estimate of drug-likeness (QED) is 0.430. The zero-order valence-electron chi connectivity index (χ0n) is 9.57. The number of hydrogen-bond acceptors (Lipinski definition) is 0. The third kappa shape index (κ3) is 10.3. The van der Waals surface area contributed by atoms with Crippen LogP contribution >= 0.6 is 0 Å². The zero-order chi connectivity index (χ0) is 9.45. The molecule has 0 fully saturated rings. The van der Waals surface area contributed by atoms with E-state index in [-0.39, 0.29) is 14.3 Å². The first kappa shape index (κ1) is 15.8. The van der Waals surface area contributed by atoms with E-state index in [1.54, 1.807) is 0 Å². The maximum atomic E-state index is 2.47. The molecule has 0 heterocycles. The Labute approximate surface area is 92.7 Å². The van der Waals surface area contributed by atoms with Crippen molar-refractivity contribution >= 4 is 0 Å². The van der Waals surface area contributed by atoms with E-state index in [0.717, 1.165) is 0 Å². The van der Waals surface area contributed by atoms with Gasteiger partial charge in [0, 0.05) is 14.3 Å². The molecule has 0 atom stereocenters. The van der Waals surface area contributed by atoms with Crippen molar-refractivity contribution < 1.29 is 14.3 Å². The van der Waals surface area contributed by atoms with Crippen LogP contribution < -0.4 is 0 Å². The minimum atomic E-state index is 0. The maximum Gasteiger partial charge on any atom is 0 e. The van der Waals surface area contributed by atoms with Crippen molar-refractivity contribution in [2.24, 2.45) is 5.41 Å².